The molecule has 8 heteroatoms. The minimum Gasteiger partial charge on any atom is -0.490 e. The van der Waals surface area contributed by atoms with Gasteiger partial charge in [0.1, 0.15) is 5.75 Å². The van der Waals surface area contributed by atoms with Crippen molar-refractivity contribution in [1.82, 2.24) is 5.06 Å². The Morgan fingerprint density at radius 1 is 0.972 bits per heavy atom. The topological polar surface area (TPSA) is 88.1 Å². The molecule has 0 bridgehead atoms. The van der Waals surface area contributed by atoms with Crippen LogP contribution in [0.2, 0.25) is 5.02 Å². The average Bonchev–Trinajstić information content (AvgIpc) is 3.24. The van der Waals surface area contributed by atoms with Gasteiger partial charge in [-0.3, -0.25) is 9.59 Å². The van der Waals surface area contributed by atoms with Crippen molar-refractivity contribution in [1.29, 1.82) is 0 Å². The van der Waals surface area contributed by atoms with Crippen LogP contribution in [0.1, 0.15) is 68.1 Å². The molecule has 0 saturated heterocycles. The first kappa shape index (κ1) is 26.3. The molecule has 1 heterocycles. The van der Waals surface area contributed by atoms with Gasteiger partial charge in [-0.25, -0.2) is 0 Å². The van der Waals surface area contributed by atoms with Gasteiger partial charge in [-0.1, -0.05) is 42.6 Å². The molecule has 194 valence electrons. The minimum absolute atomic E-state index is 0.137. The third-order valence-corrected chi connectivity index (χ3v) is 7.19. The van der Waals surface area contributed by atoms with E-state index >= 15 is 0 Å². The number of halogens is 1. The SMILES string of the molecule is O=C(O)CCC(=O)ON1CCc2ccc(Cl)c(NCc3ccc(OC4CCCCCC4)cc3)c2CC1. The van der Waals surface area contributed by atoms with Crippen molar-refractivity contribution in [2.75, 3.05) is 18.4 Å². The highest BCUT2D eigenvalue weighted by Crippen LogP contribution is 2.32. The average molecular weight is 515 g/mol. The number of carboxylic acids is 1. The normalized spacial score (nSPS) is 16.9. The fraction of sp³-hybridized carbons (Fsp3) is 0.500. The van der Waals surface area contributed by atoms with Crippen molar-refractivity contribution in [2.24, 2.45) is 0 Å². The predicted molar refractivity (Wildman–Crippen MR) is 139 cm³/mol. The first-order chi connectivity index (χ1) is 17.5. The smallest absolute Gasteiger partial charge is 0.325 e. The molecule has 2 aromatic rings. The van der Waals surface area contributed by atoms with E-state index in [1.54, 1.807) is 5.06 Å². The van der Waals surface area contributed by atoms with Gasteiger partial charge in [-0.05, 0) is 73.4 Å². The third-order valence-electron chi connectivity index (χ3n) is 6.87. The van der Waals surface area contributed by atoms with E-state index in [0.717, 1.165) is 41.0 Å². The maximum Gasteiger partial charge on any atom is 0.325 e. The zero-order chi connectivity index (χ0) is 25.3. The van der Waals surface area contributed by atoms with Crippen LogP contribution in [0.25, 0.3) is 0 Å². The number of hydrogen-bond acceptors (Lipinski definition) is 6. The summed E-state index contributed by atoms with van der Waals surface area (Å²) in [5, 5.41) is 14.6. The van der Waals surface area contributed by atoms with E-state index < -0.39 is 11.9 Å². The van der Waals surface area contributed by atoms with Crippen molar-refractivity contribution < 1.29 is 24.3 Å². The number of benzene rings is 2. The molecule has 0 spiro atoms. The lowest BCUT2D eigenvalue weighted by atomic mass is 10.0. The molecular formula is C28H35ClN2O5. The van der Waals surface area contributed by atoms with Crippen molar-refractivity contribution in [2.45, 2.75) is 76.9 Å². The summed E-state index contributed by atoms with van der Waals surface area (Å²) in [6, 6.07) is 12.2. The lowest BCUT2D eigenvalue weighted by Crippen LogP contribution is -2.30. The molecule has 1 aliphatic carbocycles. The lowest BCUT2D eigenvalue weighted by molar-refractivity contribution is -0.190. The van der Waals surface area contributed by atoms with E-state index in [-0.39, 0.29) is 12.8 Å². The van der Waals surface area contributed by atoms with Crippen LogP contribution in [-0.2, 0) is 33.8 Å². The Hall–Kier alpha value is -2.77. The Morgan fingerprint density at radius 3 is 2.42 bits per heavy atom. The van der Waals surface area contributed by atoms with Gasteiger partial charge < -0.3 is 20.0 Å². The summed E-state index contributed by atoms with van der Waals surface area (Å²) in [5.74, 6) is -0.608. The van der Waals surface area contributed by atoms with E-state index in [1.165, 1.54) is 25.7 Å². The number of rotatable bonds is 9. The number of nitrogens with one attached hydrogen (secondary N) is 1. The van der Waals surface area contributed by atoms with E-state index in [4.69, 9.17) is 26.3 Å². The quantitative estimate of drug-likeness (QED) is 0.410. The number of carboxylic acid groups (broad SMARTS) is 1. The van der Waals surface area contributed by atoms with Crippen molar-refractivity contribution in [3.63, 3.8) is 0 Å². The van der Waals surface area contributed by atoms with Crippen LogP contribution in [0.3, 0.4) is 0 Å². The second kappa shape index (κ2) is 13.0. The maximum absolute atomic E-state index is 12.0. The number of aliphatic carboxylic acids is 1. The van der Waals surface area contributed by atoms with Gasteiger partial charge in [0.15, 0.2) is 0 Å². The summed E-state index contributed by atoms with van der Waals surface area (Å²) in [4.78, 5) is 28.0. The Bertz CT molecular complexity index is 1030. The second-order valence-electron chi connectivity index (χ2n) is 9.58. The summed E-state index contributed by atoms with van der Waals surface area (Å²) >= 11 is 6.58. The van der Waals surface area contributed by atoms with Crippen LogP contribution in [0.5, 0.6) is 5.75 Å². The van der Waals surface area contributed by atoms with Gasteiger partial charge in [0, 0.05) is 19.6 Å². The molecule has 2 aromatic carbocycles. The van der Waals surface area contributed by atoms with Crippen LogP contribution in [0.4, 0.5) is 5.69 Å². The number of fused-ring (bicyclic) bond motifs is 1. The van der Waals surface area contributed by atoms with Crippen LogP contribution < -0.4 is 10.1 Å². The number of nitrogens with zero attached hydrogens (tertiary/aromatic N) is 1. The summed E-state index contributed by atoms with van der Waals surface area (Å²) < 4.78 is 6.21. The molecule has 0 atom stereocenters. The molecule has 2 aliphatic rings. The molecule has 0 radical (unpaired) electrons. The number of hydrogen-bond donors (Lipinski definition) is 2. The maximum atomic E-state index is 12.0. The minimum atomic E-state index is -1.01. The fourth-order valence-electron chi connectivity index (χ4n) is 4.89. The number of anilines is 1. The predicted octanol–water partition coefficient (Wildman–Crippen LogP) is 5.78. The Kier molecular flexibility index (Phi) is 9.47. The zero-order valence-electron chi connectivity index (χ0n) is 20.6. The van der Waals surface area contributed by atoms with Gasteiger partial charge in [-0.15, -0.1) is 5.06 Å². The molecule has 2 N–H and O–H groups in total. The Balaban J connectivity index is 1.34. The summed E-state index contributed by atoms with van der Waals surface area (Å²) in [6.45, 7) is 1.71. The molecular weight excluding hydrogens is 480 g/mol. The fourth-order valence-corrected chi connectivity index (χ4v) is 5.13. The molecule has 0 amide bonds. The summed E-state index contributed by atoms with van der Waals surface area (Å²) in [7, 11) is 0. The van der Waals surface area contributed by atoms with Gasteiger partial charge >= 0.3 is 11.9 Å². The highest BCUT2D eigenvalue weighted by Gasteiger charge is 2.21. The number of carbonyl (C=O) groups excluding carboxylic acids is 1. The number of hydroxylamine groups is 2. The van der Waals surface area contributed by atoms with Crippen LogP contribution in [-0.4, -0.2) is 41.3 Å². The molecule has 7 nitrogen and oxygen atoms in total. The van der Waals surface area contributed by atoms with E-state index in [9.17, 15) is 9.59 Å². The molecule has 1 aliphatic heterocycles. The molecule has 1 saturated carbocycles. The molecule has 0 aromatic heterocycles. The van der Waals surface area contributed by atoms with Crippen molar-refractivity contribution in [3.05, 3.63) is 58.1 Å². The number of ether oxygens (including phenoxy) is 1. The first-order valence-corrected chi connectivity index (χ1v) is 13.3. The molecule has 0 unspecified atom stereocenters. The largest absolute Gasteiger partial charge is 0.490 e. The Morgan fingerprint density at radius 2 is 1.69 bits per heavy atom. The first-order valence-electron chi connectivity index (χ1n) is 12.9. The van der Waals surface area contributed by atoms with Gasteiger partial charge in [-0.2, -0.15) is 0 Å². The van der Waals surface area contributed by atoms with Crippen molar-refractivity contribution >= 4 is 29.2 Å². The number of carbonyl (C=O) groups is 2. The standard InChI is InChI=1S/C28H35ClN2O5/c29-25-12-9-21-15-17-31(36-27(34)14-13-26(32)33)18-16-24(21)28(25)30-19-20-7-10-23(11-8-20)35-22-5-3-1-2-4-6-22/h7-12,22,30H,1-6,13-19H2,(H,32,33). The molecule has 36 heavy (non-hydrogen) atoms. The highest BCUT2D eigenvalue weighted by atomic mass is 35.5. The van der Waals surface area contributed by atoms with Crippen molar-refractivity contribution in [3.8, 4) is 5.75 Å². The van der Waals surface area contributed by atoms with Crippen LogP contribution >= 0.6 is 11.6 Å². The third kappa shape index (κ3) is 7.61. The second-order valence-corrected chi connectivity index (χ2v) is 9.98. The van der Waals surface area contributed by atoms with E-state index in [0.29, 0.717) is 43.6 Å². The summed E-state index contributed by atoms with van der Waals surface area (Å²) in [5.41, 5.74) is 4.34. The highest BCUT2D eigenvalue weighted by molar-refractivity contribution is 6.33. The Labute approximate surface area is 217 Å². The van der Waals surface area contributed by atoms with Crippen LogP contribution in [0, 0.1) is 0 Å². The van der Waals surface area contributed by atoms with Gasteiger partial charge in [0.25, 0.3) is 0 Å². The van der Waals surface area contributed by atoms with Gasteiger partial charge in [0.05, 0.1) is 29.7 Å². The lowest BCUT2D eigenvalue weighted by Gasteiger charge is -2.19. The molecule has 4 rings (SSSR count). The van der Waals surface area contributed by atoms with Gasteiger partial charge in [0.2, 0.25) is 0 Å². The zero-order valence-corrected chi connectivity index (χ0v) is 21.4. The monoisotopic (exact) mass is 514 g/mol. The van der Waals surface area contributed by atoms with E-state index in [1.807, 2.05) is 24.3 Å². The van der Waals surface area contributed by atoms with E-state index in [2.05, 4.69) is 17.4 Å². The summed E-state index contributed by atoms with van der Waals surface area (Å²) in [6.07, 6.45) is 8.73. The molecule has 1 fully saturated rings. The van der Waals surface area contributed by atoms with Crippen LogP contribution in [0.15, 0.2) is 36.4 Å².